The fraction of sp³-hybridized carbons (Fsp3) is 0.500. The van der Waals surface area contributed by atoms with Crippen molar-refractivity contribution in [1.29, 1.82) is 0 Å². The molecule has 0 aliphatic heterocycles. The van der Waals surface area contributed by atoms with E-state index in [0.29, 0.717) is 19.0 Å². The molecule has 6 nitrogen and oxygen atoms in total. The van der Waals surface area contributed by atoms with Gasteiger partial charge in [-0.15, -0.1) is 35.3 Å². The van der Waals surface area contributed by atoms with Crippen LogP contribution in [0.25, 0.3) is 0 Å². The molecule has 26 heavy (non-hydrogen) atoms. The molecular formula is C18H26IN5OS. The summed E-state index contributed by atoms with van der Waals surface area (Å²) in [5.74, 6) is 2.22. The highest BCUT2D eigenvalue weighted by molar-refractivity contribution is 14.0. The van der Waals surface area contributed by atoms with Crippen molar-refractivity contribution in [2.75, 3.05) is 13.2 Å². The number of guanidine groups is 1. The van der Waals surface area contributed by atoms with E-state index in [4.69, 9.17) is 4.74 Å². The number of rotatable bonds is 8. The highest BCUT2D eigenvalue weighted by Crippen LogP contribution is 2.29. The normalized spacial score (nSPS) is 13.8. The lowest BCUT2D eigenvalue weighted by molar-refractivity contribution is 0.288. The van der Waals surface area contributed by atoms with E-state index in [1.54, 1.807) is 11.3 Å². The van der Waals surface area contributed by atoms with E-state index in [2.05, 4.69) is 39.4 Å². The molecule has 0 spiro atoms. The summed E-state index contributed by atoms with van der Waals surface area (Å²) in [6.45, 7) is 6.96. The van der Waals surface area contributed by atoms with Crippen molar-refractivity contribution in [3.63, 3.8) is 0 Å². The topological polar surface area (TPSA) is 71.4 Å². The standard InChI is InChI=1S/C18H25N5OS.HI/c1-3-19-18(23-11-17-21-8-13(2)25-17)22-10-15-6-7-16(20-9-15)24-12-14-4-5-14;/h6-9,14H,3-5,10-12H2,1-2H3,(H2,19,22,23);1H. The Balaban J connectivity index is 0.00000243. The van der Waals surface area contributed by atoms with Gasteiger partial charge in [0.2, 0.25) is 5.88 Å². The molecule has 1 saturated carbocycles. The number of nitrogens with one attached hydrogen (secondary N) is 2. The highest BCUT2D eigenvalue weighted by atomic mass is 127. The molecule has 1 aliphatic carbocycles. The van der Waals surface area contributed by atoms with Crippen LogP contribution in [0.5, 0.6) is 5.88 Å². The van der Waals surface area contributed by atoms with Crippen LogP contribution in [-0.2, 0) is 13.1 Å². The molecule has 3 rings (SSSR count). The Labute approximate surface area is 175 Å². The lowest BCUT2D eigenvalue weighted by atomic mass is 10.3. The van der Waals surface area contributed by atoms with Gasteiger partial charge in [0.25, 0.3) is 0 Å². The SMILES string of the molecule is CCNC(=NCc1ccc(OCC2CC2)nc1)NCc1ncc(C)s1.I. The van der Waals surface area contributed by atoms with Crippen LogP contribution in [0.2, 0.25) is 0 Å². The number of pyridine rings is 1. The van der Waals surface area contributed by atoms with Crippen molar-refractivity contribution in [2.45, 2.75) is 39.8 Å². The van der Waals surface area contributed by atoms with Gasteiger partial charge >= 0.3 is 0 Å². The van der Waals surface area contributed by atoms with Crippen molar-refractivity contribution in [3.05, 3.63) is 40.0 Å². The molecule has 2 aromatic heterocycles. The molecule has 2 N–H and O–H groups in total. The smallest absolute Gasteiger partial charge is 0.213 e. The molecule has 142 valence electrons. The number of hydrogen-bond acceptors (Lipinski definition) is 5. The van der Waals surface area contributed by atoms with Gasteiger partial charge in [-0.2, -0.15) is 0 Å². The van der Waals surface area contributed by atoms with Crippen LogP contribution < -0.4 is 15.4 Å². The Kier molecular flexibility index (Phi) is 8.56. The van der Waals surface area contributed by atoms with Crippen molar-refractivity contribution >= 4 is 41.3 Å². The minimum Gasteiger partial charge on any atom is -0.477 e. The summed E-state index contributed by atoms with van der Waals surface area (Å²) >= 11 is 1.69. The minimum absolute atomic E-state index is 0. The summed E-state index contributed by atoms with van der Waals surface area (Å²) in [7, 11) is 0. The van der Waals surface area contributed by atoms with Crippen molar-refractivity contribution in [1.82, 2.24) is 20.6 Å². The third kappa shape index (κ3) is 7.06. The van der Waals surface area contributed by atoms with Crippen molar-refractivity contribution in [2.24, 2.45) is 10.9 Å². The number of nitrogens with zero attached hydrogens (tertiary/aromatic N) is 3. The van der Waals surface area contributed by atoms with E-state index < -0.39 is 0 Å². The second-order valence-electron chi connectivity index (χ2n) is 6.17. The lowest BCUT2D eigenvalue weighted by Gasteiger charge is -2.10. The Morgan fingerprint density at radius 1 is 1.27 bits per heavy atom. The zero-order valence-electron chi connectivity index (χ0n) is 15.2. The van der Waals surface area contributed by atoms with Gasteiger partial charge in [-0.3, -0.25) is 0 Å². The molecule has 0 saturated heterocycles. The minimum atomic E-state index is 0. The number of aliphatic imine (C=N–C) groups is 1. The average molecular weight is 487 g/mol. The lowest BCUT2D eigenvalue weighted by Crippen LogP contribution is -2.36. The highest BCUT2D eigenvalue weighted by Gasteiger charge is 2.21. The predicted molar refractivity (Wildman–Crippen MR) is 116 cm³/mol. The third-order valence-electron chi connectivity index (χ3n) is 3.80. The summed E-state index contributed by atoms with van der Waals surface area (Å²) < 4.78 is 5.66. The number of aromatic nitrogens is 2. The molecule has 1 aliphatic rings. The Hall–Kier alpha value is -1.42. The molecule has 2 aromatic rings. The fourth-order valence-corrected chi connectivity index (χ4v) is 2.96. The summed E-state index contributed by atoms with van der Waals surface area (Å²) in [5.41, 5.74) is 1.06. The van der Waals surface area contributed by atoms with Gasteiger partial charge in [-0.25, -0.2) is 15.0 Å². The molecule has 2 heterocycles. The number of hydrogen-bond donors (Lipinski definition) is 2. The van der Waals surface area contributed by atoms with E-state index in [-0.39, 0.29) is 24.0 Å². The molecule has 0 bridgehead atoms. The van der Waals surface area contributed by atoms with Gasteiger partial charge in [0, 0.05) is 29.9 Å². The molecule has 0 unspecified atom stereocenters. The van der Waals surface area contributed by atoms with E-state index >= 15 is 0 Å². The first kappa shape index (κ1) is 20.9. The first-order chi connectivity index (χ1) is 12.2. The van der Waals surface area contributed by atoms with Gasteiger partial charge in [0.05, 0.1) is 19.7 Å². The van der Waals surface area contributed by atoms with E-state index in [9.17, 15) is 0 Å². The average Bonchev–Trinajstić information content (AvgIpc) is 3.37. The van der Waals surface area contributed by atoms with Crippen molar-refractivity contribution in [3.8, 4) is 5.88 Å². The van der Waals surface area contributed by atoms with Gasteiger partial charge in [0.1, 0.15) is 5.01 Å². The summed E-state index contributed by atoms with van der Waals surface area (Å²) in [5, 5.41) is 7.62. The predicted octanol–water partition coefficient (Wildman–Crippen LogP) is 3.51. The zero-order valence-corrected chi connectivity index (χ0v) is 18.3. The Morgan fingerprint density at radius 3 is 2.73 bits per heavy atom. The first-order valence-corrected chi connectivity index (χ1v) is 9.56. The summed E-state index contributed by atoms with van der Waals surface area (Å²) in [4.78, 5) is 14.5. The maximum atomic E-state index is 5.66. The largest absolute Gasteiger partial charge is 0.477 e. The Bertz CT molecular complexity index is 700. The van der Waals surface area contributed by atoms with Crippen LogP contribution in [0, 0.1) is 12.8 Å². The molecular weight excluding hydrogens is 461 g/mol. The van der Waals surface area contributed by atoms with Gasteiger partial charge in [-0.05, 0) is 38.2 Å². The molecule has 8 heteroatoms. The van der Waals surface area contributed by atoms with Crippen LogP contribution in [0.1, 0.15) is 35.2 Å². The molecule has 1 fully saturated rings. The second kappa shape index (κ2) is 10.7. The van der Waals surface area contributed by atoms with Crippen LogP contribution in [0.4, 0.5) is 0 Å². The van der Waals surface area contributed by atoms with Crippen LogP contribution in [0.15, 0.2) is 29.5 Å². The number of halogens is 1. The molecule has 0 radical (unpaired) electrons. The monoisotopic (exact) mass is 487 g/mol. The van der Waals surface area contributed by atoms with E-state index in [0.717, 1.165) is 35.6 Å². The van der Waals surface area contributed by atoms with Crippen LogP contribution in [-0.4, -0.2) is 29.1 Å². The number of ether oxygens (including phenoxy) is 1. The van der Waals surface area contributed by atoms with Crippen molar-refractivity contribution < 1.29 is 4.74 Å². The molecule has 0 aromatic carbocycles. The van der Waals surface area contributed by atoms with E-state index in [1.807, 2.05) is 24.5 Å². The molecule has 0 atom stereocenters. The molecule has 0 amide bonds. The maximum absolute atomic E-state index is 5.66. The fourth-order valence-electron chi connectivity index (χ4n) is 2.23. The summed E-state index contributed by atoms with van der Waals surface area (Å²) in [6, 6.07) is 3.94. The van der Waals surface area contributed by atoms with Gasteiger partial charge in [-0.1, -0.05) is 6.07 Å². The number of thiazole rings is 1. The first-order valence-electron chi connectivity index (χ1n) is 8.74. The van der Waals surface area contributed by atoms with Crippen LogP contribution >= 0.6 is 35.3 Å². The quantitative estimate of drug-likeness (QED) is 0.339. The van der Waals surface area contributed by atoms with Gasteiger partial charge < -0.3 is 15.4 Å². The number of aryl methyl sites for hydroxylation is 1. The third-order valence-corrected chi connectivity index (χ3v) is 4.71. The van der Waals surface area contributed by atoms with E-state index in [1.165, 1.54) is 17.7 Å². The van der Waals surface area contributed by atoms with Gasteiger partial charge in [0.15, 0.2) is 5.96 Å². The summed E-state index contributed by atoms with van der Waals surface area (Å²) in [6.07, 6.45) is 6.30. The van der Waals surface area contributed by atoms with Crippen LogP contribution in [0.3, 0.4) is 0 Å². The zero-order chi connectivity index (χ0) is 17.5. The Morgan fingerprint density at radius 2 is 2.12 bits per heavy atom. The second-order valence-corrected chi connectivity index (χ2v) is 7.49. The maximum Gasteiger partial charge on any atom is 0.213 e.